The predicted octanol–water partition coefficient (Wildman–Crippen LogP) is 1.99. The summed E-state index contributed by atoms with van der Waals surface area (Å²) in [4.78, 5) is 17.5. The lowest BCUT2D eigenvalue weighted by atomic mass is 10.2. The molecule has 0 radical (unpaired) electrons. The summed E-state index contributed by atoms with van der Waals surface area (Å²) >= 11 is 3.33. The summed E-state index contributed by atoms with van der Waals surface area (Å²) < 4.78 is 0.928. The highest BCUT2D eigenvalue weighted by molar-refractivity contribution is 9.10. The monoisotopic (exact) mass is 238 g/mol. The first-order valence-corrected chi connectivity index (χ1v) is 4.62. The molecule has 2 aromatic rings. The van der Waals surface area contributed by atoms with Crippen LogP contribution in [0.3, 0.4) is 0 Å². The van der Waals surface area contributed by atoms with E-state index in [9.17, 15) is 4.79 Å². The average molecular weight is 239 g/mol. The number of aromatic nitrogens is 2. The minimum atomic E-state index is -0.303. The maximum atomic E-state index is 11.0. The van der Waals surface area contributed by atoms with Crippen LogP contribution in [-0.2, 0) is 0 Å². The third kappa shape index (κ3) is 1.49. The fourth-order valence-electron chi connectivity index (χ4n) is 1.28. The largest absolute Gasteiger partial charge is 0.345 e. The standard InChI is InChI=1S/C9H7BrN2O/c1-5-7-3-2-6(10)4-8(7)12-9(13)11-5/h2-4H,1H3,(H,11,12,13). The van der Waals surface area contributed by atoms with Gasteiger partial charge in [0.25, 0.3) is 0 Å². The van der Waals surface area contributed by atoms with Gasteiger partial charge < -0.3 is 4.98 Å². The number of nitrogens with zero attached hydrogens (tertiary/aromatic N) is 1. The van der Waals surface area contributed by atoms with Crippen molar-refractivity contribution in [1.82, 2.24) is 9.97 Å². The summed E-state index contributed by atoms with van der Waals surface area (Å²) in [6.45, 7) is 1.86. The quantitative estimate of drug-likeness (QED) is 0.764. The summed E-state index contributed by atoms with van der Waals surface area (Å²) in [5, 5.41) is 0.975. The molecule has 0 aliphatic carbocycles. The lowest BCUT2D eigenvalue weighted by Gasteiger charge is -1.99. The van der Waals surface area contributed by atoms with E-state index >= 15 is 0 Å². The first-order valence-electron chi connectivity index (χ1n) is 3.83. The van der Waals surface area contributed by atoms with E-state index in [1.54, 1.807) is 0 Å². The summed E-state index contributed by atoms with van der Waals surface area (Å²) in [6, 6.07) is 5.69. The lowest BCUT2D eigenvalue weighted by molar-refractivity contribution is 1.07. The van der Waals surface area contributed by atoms with E-state index in [0.29, 0.717) is 0 Å². The van der Waals surface area contributed by atoms with Crippen molar-refractivity contribution >= 4 is 26.8 Å². The van der Waals surface area contributed by atoms with Gasteiger partial charge in [0.05, 0.1) is 5.52 Å². The Hall–Kier alpha value is -1.16. The number of benzene rings is 1. The van der Waals surface area contributed by atoms with E-state index in [2.05, 4.69) is 25.9 Å². The molecular formula is C9H7BrN2O. The van der Waals surface area contributed by atoms with Gasteiger partial charge in [-0.2, -0.15) is 4.98 Å². The van der Waals surface area contributed by atoms with Gasteiger partial charge in [-0.05, 0) is 25.1 Å². The van der Waals surface area contributed by atoms with Crippen LogP contribution in [-0.4, -0.2) is 9.97 Å². The van der Waals surface area contributed by atoms with E-state index in [1.807, 2.05) is 25.1 Å². The Balaban J connectivity index is 2.94. The molecule has 1 aromatic heterocycles. The Bertz CT molecular complexity index is 518. The number of nitrogens with one attached hydrogen (secondary N) is 1. The second-order valence-electron chi connectivity index (χ2n) is 2.83. The average Bonchev–Trinajstić information content (AvgIpc) is 2.02. The fourth-order valence-corrected chi connectivity index (χ4v) is 1.63. The summed E-state index contributed by atoms with van der Waals surface area (Å²) in [7, 11) is 0. The van der Waals surface area contributed by atoms with Gasteiger partial charge in [-0.15, -0.1) is 0 Å². The van der Waals surface area contributed by atoms with Crippen molar-refractivity contribution in [3.05, 3.63) is 38.9 Å². The number of aromatic amines is 1. The highest BCUT2D eigenvalue weighted by atomic mass is 79.9. The van der Waals surface area contributed by atoms with Crippen LogP contribution in [0.15, 0.2) is 27.5 Å². The minimum absolute atomic E-state index is 0.303. The first kappa shape index (κ1) is 8.44. The topological polar surface area (TPSA) is 45.8 Å². The molecule has 0 spiro atoms. The van der Waals surface area contributed by atoms with Crippen LogP contribution in [0.4, 0.5) is 0 Å². The van der Waals surface area contributed by atoms with Gasteiger partial charge in [0.2, 0.25) is 0 Å². The molecule has 0 aliphatic rings. The molecule has 2 rings (SSSR count). The molecule has 0 unspecified atom stereocenters. The van der Waals surface area contributed by atoms with Crippen LogP contribution >= 0.6 is 15.9 Å². The molecule has 0 amide bonds. The Morgan fingerprint density at radius 2 is 2.23 bits per heavy atom. The van der Waals surface area contributed by atoms with Gasteiger partial charge in [-0.1, -0.05) is 15.9 Å². The van der Waals surface area contributed by atoms with E-state index in [1.165, 1.54) is 0 Å². The molecule has 0 aliphatic heterocycles. The Labute approximate surface area is 82.9 Å². The van der Waals surface area contributed by atoms with Crippen molar-refractivity contribution in [3.8, 4) is 0 Å². The fraction of sp³-hybridized carbons (Fsp3) is 0.111. The second kappa shape index (κ2) is 2.96. The number of rotatable bonds is 0. The number of halogens is 1. The Morgan fingerprint density at radius 1 is 1.46 bits per heavy atom. The van der Waals surface area contributed by atoms with Crippen molar-refractivity contribution < 1.29 is 0 Å². The SMILES string of the molecule is Cc1[nH]c(=O)nc2cc(Br)ccc12. The number of hydrogen-bond acceptors (Lipinski definition) is 2. The molecule has 0 bridgehead atoms. The molecule has 13 heavy (non-hydrogen) atoms. The molecule has 4 heteroatoms. The van der Waals surface area contributed by atoms with Gasteiger partial charge in [0.15, 0.2) is 0 Å². The molecule has 1 heterocycles. The molecule has 0 fully saturated rings. The predicted molar refractivity (Wildman–Crippen MR) is 54.8 cm³/mol. The van der Waals surface area contributed by atoms with Gasteiger partial charge in [-0.25, -0.2) is 4.79 Å². The van der Waals surface area contributed by atoms with Crippen LogP contribution < -0.4 is 5.69 Å². The first-order chi connectivity index (χ1) is 6.16. The summed E-state index contributed by atoms with van der Waals surface area (Å²) in [5.41, 5.74) is 1.27. The van der Waals surface area contributed by atoms with Crippen LogP contribution in [0, 0.1) is 6.92 Å². The molecule has 0 saturated carbocycles. The van der Waals surface area contributed by atoms with Gasteiger partial charge in [0.1, 0.15) is 0 Å². The van der Waals surface area contributed by atoms with Crippen molar-refractivity contribution in [1.29, 1.82) is 0 Å². The molecule has 1 N–H and O–H groups in total. The second-order valence-corrected chi connectivity index (χ2v) is 3.74. The molecule has 3 nitrogen and oxygen atoms in total. The Morgan fingerprint density at radius 3 is 3.00 bits per heavy atom. The zero-order valence-electron chi connectivity index (χ0n) is 6.97. The molecule has 0 atom stereocenters. The zero-order chi connectivity index (χ0) is 9.42. The van der Waals surface area contributed by atoms with Crippen LogP contribution in [0.5, 0.6) is 0 Å². The number of fused-ring (bicyclic) bond motifs is 1. The third-order valence-electron chi connectivity index (χ3n) is 1.88. The van der Waals surface area contributed by atoms with Crippen LogP contribution in [0.2, 0.25) is 0 Å². The Kier molecular flexibility index (Phi) is 1.92. The van der Waals surface area contributed by atoms with Gasteiger partial charge in [0, 0.05) is 15.6 Å². The van der Waals surface area contributed by atoms with Crippen molar-refractivity contribution in [2.24, 2.45) is 0 Å². The van der Waals surface area contributed by atoms with E-state index in [4.69, 9.17) is 0 Å². The van der Waals surface area contributed by atoms with Gasteiger partial charge >= 0.3 is 5.69 Å². The number of H-pyrrole nitrogens is 1. The van der Waals surface area contributed by atoms with E-state index < -0.39 is 0 Å². The number of hydrogen-bond donors (Lipinski definition) is 1. The number of aryl methyl sites for hydroxylation is 1. The zero-order valence-corrected chi connectivity index (χ0v) is 8.55. The van der Waals surface area contributed by atoms with Crippen molar-refractivity contribution in [2.45, 2.75) is 6.92 Å². The highest BCUT2D eigenvalue weighted by Gasteiger charge is 2.00. The normalized spacial score (nSPS) is 10.6. The molecule has 66 valence electrons. The van der Waals surface area contributed by atoms with Crippen molar-refractivity contribution in [3.63, 3.8) is 0 Å². The van der Waals surface area contributed by atoms with E-state index in [-0.39, 0.29) is 5.69 Å². The van der Waals surface area contributed by atoms with Crippen molar-refractivity contribution in [2.75, 3.05) is 0 Å². The third-order valence-corrected chi connectivity index (χ3v) is 2.37. The molecule has 1 aromatic carbocycles. The smallest absolute Gasteiger partial charge is 0.309 e. The summed E-state index contributed by atoms with van der Waals surface area (Å²) in [5.74, 6) is 0. The summed E-state index contributed by atoms with van der Waals surface area (Å²) in [6.07, 6.45) is 0. The highest BCUT2D eigenvalue weighted by Crippen LogP contribution is 2.17. The van der Waals surface area contributed by atoms with Gasteiger partial charge in [-0.3, -0.25) is 0 Å². The van der Waals surface area contributed by atoms with E-state index in [0.717, 1.165) is 21.1 Å². The maximum Gasteiger partial charge on any atom is 0.345 e. The van der Waals surface area contributed by atoms with Crippen LogP contribution in [0.25, 0.3) is 10.9 Å². The lowest BCUT2D eigenvalue weighted by Crippen LogP contribution is -2.11. The molecule has 0 saturated heterocycles. The van der Waals surface area contributed by atoms with Crippen LogP contribution in [0.1, 0.15) is 5.69 Å². The molecular weight excluding hydrogens is 232 g/mol. The minimum Gasteiger partial charge on any atom is -0.309 e. The maximum absolute atomic E-state index is 11.0.